The van der Waals surface area contributed by atoms with E-state index >= 15 is 0 Å². The molecule has 0 amide bonds. The zero-order valence-electron chi connectivity index (χ0n) is 17.3. The van der Waals surface area contributed by atoms with Crippen LogP contribution < -0.4 is 0 Å². The summed E-state index contributed by atoms with van der Waals surface area (Å²) in [6, 6.07) is 19.0. The third kappa shape index (κ3) is 6.36. The summed E-state index contributed by atoms with van der Waals surface area (Å²) in [6.07, 6.45) is -3.64. The maximum absolute atomic E-state index is 12.4. The number of hydrogen-bond acceptors (Lipinski definition) is 7. The lowest BCUT2D eigenvalue weighted by atomic mass is 9.98. The van der Waals surface area contributed by atoms with Gasteiger partial charge in [-0.25, -0.2) is 4.79 Å². The summed E-state index contributed by atoms with van der Waals surface area (Å²) in [4.78, 5) is 24.3. The summed E-state index contributed by atoms with van der Waals surface area (Å²) in [7, 11) is 1.27. The Kier molecular flexibility index (Phi) is 8.60. The molecule has 0 aromatic heterocycles. The molecular weight excluding hydrogens is 468 g/mol. The van der Waals surface area contributed by atoms with Gasteiger partial charge < -0.3 is 23.7 Å². The number of methoxy groups -OCH3 is 1. The van der Waals surface area contributed by atoms with Crippen LogP contribution in [0, 0.1) is 0 Å². The van der Waals surface area contributed by atoms with Gasteiger partial charge in [-0.1, -0.05) is 76.6 Å². The predicted molar refractivity (Wildman–Crippen MR) is 115 cm³/mol. The quantitative estimate of drug-likeness (QED) is 0.412. The minimum atomic E-state index is -1.10. The molecule has 0 spiro atoms. The van der Waals surface area contributed by atoms with Crippen molar-refractivity contribution in [1.29, 1.82) is 0 Å². The molecule has 0 bridgehead atoms. The SMILES string of the molecule is COC(=O)[C@H]1O[C@H](Br)[C@H](OCc2ccccc2)[C@@H](OC(C)=O)[C@@H]1OCc1ccccc1. The number of benzene rings is 2. The Balaban J connectivity index is 1.83. The zero-order chi connectivity index (χ0) is 22.2. The van der Waals surface area contributed by atoms with Crippen molar-refractivity contribution in [3.63, 3.8) is 0 Å². The number of rotatable bonds is 8. The van der Waals surface area contributed by atoms with E-state index in [0.717, 1.165) is 11.1 Å². The van der Waals surface area contributed by atoms with E-state index in [1.54, 1.807) is 0 Å². The first-order valence-corrected chi connectivity index (χ1v) is 10.8. The molecule has 0 unspecified atom stereocenters. The molecule has 0 N–H and O–H groups in total. The molecule has 3 rings (SSSR count). The lowest BCUT2D eigenvalue weighted by Crippen LogP contribution is -2.61. The van der Waals surface area contributed by atoms with Gasteiger partial charge in [-0.15, -0.1) is 0 Å². The minimum Gasteiger partial charge on any atom is -0.467 e. The van der Waals surface area contributed by atoms with Gasteiger partial charge in [-0.3, -0.25) is 4.79 Å². The molecule has 5 atom stereocenters. The summed E-state index contributed by atoms with van der Waals surface area (Å²) < 4.78 is 28.4. The van der Waals surface area contributed by atoms with Crippen LogP contribution in [0.5, 0.6) is 0 Å². The molecule has 31 heavy (non-hydrogen) atoms. The van der Waals surface area contributed by atoms with Crippen molar-refractivity contribution in [2.75, 3.05) is 7.11 Å². The number of carbonyl (C=O) groups excluding carboxylic acids is 2. The third-order valence-electron chi connectivity index (χ3n) is 4.79. The van der Waals surface area contributed by atoms with Crippen LogP contribution in [0.1, 0.15) is 18.1 Å². The number of hydrogen-bond donors (Lipinski definition) is 0. The van der Waals surface area contributed by atoms with Crippen LogP contribution in [-0.2, 0) is 46.5 Å². The van der Waals surface area contributed by atoms with Crippen molar-refractivity contribution in [3.05, 3.63) is 71.8 Å². The molecule has 0 radical (unpaired) electrons. The average Bonchev–Trinajstić information content (AvgIpc) is 2.78. The van der Waals surface area contributed by atoms with Crippen molar-refractivity contribution >= 4 is 27.9 Å². The number of halogens is 1. The average molecular weight is 493 g/mol. The fourth-order valence-electron chi connectivity index (χ4n) is 3.32. The minimum absolute atomic E-state index is 0.193. The van der Waals surface area contributed by atoms with E-state index in [0.29, 0.717) is 0 Å². The second-order valence-corrected chi connectivity index (χ2v) is 7.93. The van der Waals surface area contributed by atoms with Crippen molar-refractivity contribution in [3.8, 4) is 0 Å². The molecule has 1 aliphatic heterocycles. The van der Waals surface area contributed by atoms with Crippen LogP contribution in [0.4, 0.5) is 0 Å². The van der Waals surface area contributed by atoms with Gasteiger partial charge >= 0.3 is 11.9 Å². The second-order valence-electron chi connectivity index (χ2n) is 7.03. The van der Waals surface area contributed by atoms with Gasteiger partial charge in [0, 0.05) is 6.92 Å². The maximum Gasteiger partial charge on any atom is 0.337 e. The van der Waals surface area contributed by atoms with E-state index in [2.05, 4.69) is 15.9 Å². The van der Waals surface area contributed by atoms with Crippen molar-refractivity contribution < 1.29 is 33.3 Å². The Morgan fingerprint density at radius 3 is 1.87 bits per heavy atom. The van der Waals surface area contributed by atoms with E-state index in [-0.39, 0.29) is 13.2 Å². The number of esters is 2. The Morgan fingerprint density at radius 2 is 1.39 bits per heavy atom. The molecule has 2 aromatic carbocycles. The van der Waals surface area contributed by atoms with Gasteiger partial charge in [0.15, 0.2) is 12.2 Å². The molecular formula is C23H25BrO7. The lowest BCUT2D eigenvalue weighted by molar-refractivity contribution is -0.242. The molecule has 8 heteroatoms. The van der Waals surface area contributed by atoms with E-state index in [9.17, 15) is 9.59 Å². The summed E-state index contributed by atoms with van der Waals surface area (Å²) in [5, 5.41) is -0.721. The van der Waals surface area contributed by atoms with Gasteiger partial charge in [-0.05, 0) is 11.1 Å². The summed E-state index contributed by atoms with van der Waals surface area (Å²) >= 11 is 3.42. The standard InChI is InChI=1S/C23H25BrO7/c1-15(25)30-19-18(28-13-16-9-5-3-6-10-16)21(23(26)27-2)31-22(24)20(19)29-14-17-11-7-4-8-12-17/h3-12,18-22H,13-14H2,1-2H3/t18-,19-,20+,21-,22-/m0/s1. The van der Waals surface area contributed by atoms with Crippen molar-refractivity contribution in [2.24, 2.45) is 0 Å². The molecule has 1 saturated heterocycles. The van der Waals surface area contributed by atoms with Gasteiger partial charge in [0.2, 0.25) is 0 Å². The first-order valence-electron chi connectivity index (χ1n) is 9.85. The Hall–Kier alpha value is -2.26. The smallest absolute Gasteiger partial charge is 0.337 e. The molecule has 1 aliphatic rings. The van der Waals surface area contributed by atoms with Gasteiger partial charge in [0.25, 0.3) is 0 Å². The van der Waals surface area contributed by atoms with Crippen molar-refractivity contribution in [1.82, 2.24) is 0 Å². The predicted octanol–water partition coefficient (Wildman–Crippen LogP) is 3.38. The van der Waals surface area contributed by atoms with Crippen LogP contribution in [0.3, 0.4) is 0 Å². The van der Waals surface area contributed by atoms with Crippen LogP contribution in [0.2, 0.25) is 0 Å². The highest BCUT2D eigenvalue weighted by Gasteiger charge is 2.51. The third-order valence-corrected chi connectivity index (χ3v) is 5.52. The summed E-state index contributed by atoms with van der Waals surface area (Å²) in [5.41, 5.74) is 1.84. The Labute approximate surface area is 189 Å². The Morgan fingerprint density at radius 1 is 0.871 bits per heavy atom. The first kappa shape index (κ1) is 23.4. The second kappa shape index (κ2) is 11.4. The lowest BCUT2D eigenvalue weighted by Gasteiger charge is -2.42. The van der Waals surface area contributed by atoms with Crippen molar-refractivity contribution in [2.45, 2.75) is 49.6 Å². The van der Waals surface area contributed by atoms with Crippen LogP contribution in [-0.4, -0.2) is 48.5 Å². The molecule has 166 valence electrons. The highest BCUT2D eigenvalue weighted by atomic mass is 79.9. The largest absolute Gasteiger partial charge is 0.467 e. The van der Waals surface area contributed by atoms with Gasteiger partial charge in [0.1, 0.15) is 17.2 Å². The van der Waals surface area contributed by atoms with E-state index < -0.39 is 41.4 Å². The molecule has 1 heterocycles. The normalized spacial score (nSPS) is 25.6. The Bertz CT molecular complexity index is 846. The van der Waals surface area contributed by atoms with Gasteiger partial charge in [0.05, 0.1) is 20.3 Å². The molecule has 2 aromatic rings. The molecule has 1 fully saturated rings. The molecule has 7 nitrogen and oxygen atoms in total. The zero-order valence-corrected chi connectivity index (χ0v) is 18.9. The highest BCUT2D eigenvalue weighted by molar-refractivity contribution is 9.09. The summed E-state index contributed by atoms with van der Waals surface area (Å²) in [5.74, 6) is -1.14. The topological polar surface area (TPSA) is 80.3 Å². The fourth-order valence-corrected chi connectivity index (χ4v) is 4.01. The molecule has 0 aliphatic carbocycles. The van der Waals surface area contributed by atoms with E-state index in [1.807, 2.05) is 60.7 Å². The van der Waals surface area contributed by atoms with Crippen LogP contribution in [0.25, 0.3) is 0 Å². The number of alkyl halides is 1. The summed E-state index contributed by atoms with van der Waals surface area (Å²) in [6.45, 7) is 1.76. The molecule has 0 saturated carbocycles. The number of ether oxygens (including phenoxy) is 5. The maximum atomic E-state index is 12.4. The fraction of sp³-hybridized carbons (Fsp3) is 0.391. The monoisotopic (exact) mass is 492 g/mol. The van der Waals surface area contributed by atoms with Gasteiger partial charge in [-0.2, -0.15) is 0 Å². The van der Waals surface area contributed by atoms with Crippen LogP contribution >= 0.6 is 15.9 Å². The van der Waals surface area contributed by atoms with E-state index in [4.69, 9.17) is 23.7 Å². The number of carbonyl (C=O) groups is 2. The first-order chi connectivity index (χ1) is 15.0. The van der Waals surface area contributed by atoms with Crippen LogP contribution in [0.15, 0.2) is 60.7 Å². The van der Waals surface area contributed by atoms with E-state index in [1.165, 1.54) is 14.0 Å². The highest BCUT2D eigenvalue weighted by Crippen LogP contribution is 2.32.